The monoisotopic (exact) mass is 265 g/mol. The number of anilines is 1. The van der Waals surface area contributed by atoms with Gasteiger partial charge in [0.15, 0.2) is 5.69 Å². The SMILES string of the molecule is CCCN(CC)C[C@H](C)Nc1cccc(C(=O)O)n1. The molecule has 1 aromatic rings. The van der Waals surface area contributed by atoms with Crippen LogP contribution in [0.25, 0.3) is 0 Å². The number of hydrogen-bond donors (Lipinski definition) is 2. The van der Waals surface area contributed by atoms with Crippen molar-refractivity contribution in [2.24, 2.45) is 0 Å². The van der Waals surface area contributed by atoms with E-state index in [1.165, 1.54) is 6.07 Å². The number of likely N-dealkylation sites (N-methyl/N-ethyl adjacent to an activating group) is 1. The van der Waals surface area contributed by atoms with Crippen molar-refractivity contribution in [3.8, 4) is 0 Å². The first-order chi connectivity index (χ1) is 9.06. The van der Waals surface area contributed by atoms with Gasteiger partial charge in [0, 0.05) is 12.6 Å². The quantitative estimate of drug-likeness (QED) is 0.755. The average Bonchev–Trinajstić information content (AvgIpc) is 2.38. The second kappa shape index (κ2) is 7.74. The lowest BCUT2D eigenvalue weighted by Gasteiger charge is -2.24. The Morgan fingerprint density at radius 2 is 2.21 bits per heavy atom. The summed E-state index contributed by atoms with van der Waals surface area (Å²) in [7, 11) is 0. The topological polar surface area (TPSA) is 65.5 Å². The van der Waals surface area contributed by atoms with Gasteiger partial charge in [-0.2, -0.15) is 0 Å². The zero-order valence-corrected chi connectivity index (χ0v) is 11.9. The summed E-state index contributed by atoms with van der Waals surface area (Å²) in [6.45, 7) is 9.40. The zero-order chi connectivity index (χ0) is 14.3. The van der Waals surface area contributed by atoms with Crippen LogP contribution < -0.4 is 5.32 Å². The van der Waals surface area contributed by atoms with Gasteiger partial charge >= 0.3 is 5.97 Å². The molecule has 5 heteroatoms. The minimum absolute atomic E-state index is 0.0677. The first-order valence-electron chi connectivity index (χ1n) is 6.76. The first kappa shape index (κ1) is 15.4. The molecule has 0 saturated carbocycles. The second-order valence-corrected chi connectivity index (χ2v) is 4.65. The molecule has 106 valence electrons. The van der Waals surface area contributed by atoms with Gasteiger partial charge in [0.2, 0.25) is 0 Å². The molecule has 0 saturated heterocycles. The van der Waals surface area contributed by atoms with E-state index in [4.69, 9.17) is 5.11 Å². The molecule has 2 N–H and O–H groups in total. The van der Waals surface area contributed by atoms with Crippen molar-refractivity contribution in [2.75, 3.05) is 25.0 Å². The van der Waals surface area contributed by atoms with E-state index in [1.54, 1.807) is 12.1 Å². The average molecular weight is 265 g/mol. The summed E-state index contributed by atoms with van der Waals surface area (Å²) in [5, 5.41) is 12.1. The first-order valence-corrected chi connectivity index (χ1v) is 6.76. The van der Waals surface area contributed by atoms with E-state index in [0.717, 1.165) is 26.1 Å². The number of nitrogens with one attached hydrogen (secondary N) is 1. The minimum Gasteiger partial charge on any atom is -0.477 e. The Kier molecular flexibility index (Phi) is 6.29. The van der Waals surface area contributed by atoms with Crippen LogP contribution in [0.4, 0.5) is 5.82 Å². The second-order valence-electron chi connectivity index (χ2n) is 4.65. The zero-order valence-electron chi connectivity index (χ0n) is 11.9. The fourth-order valence-electron chi connectivity index (χ4n) is 2.01. The number of aromatic carboxylic acids is 1. The summed E-state index contributed by atoms with van der Waals surface area (Å²) in [6, 6.07) is 5.21. The Labute approximate surface area is 114 Å². The van der Waals surface area contributed by atoms with Gasteiger partial charge in [-0.3, -0.25) is 0 Å². The van der Waals surface area contributed by atoms with E-state index < -0.39 is 5.97 Å². The molecule has 0 aromatic carbocycles. The number of carboxylic acid groups (broad SMARTS) is 1. The van der Waals surface area contributed by atoms with Gasteiger partial charge in [-0.25, -0.2) is 9.78 Å². The molecule has 19 heavy (non-hydrogen) atoms. The predicted octanol–water partition coefficient (Wildman–Crippen LogP) is 2.31. The van der Waals surface area contributed by atoms with E-state index in [0.29, 0.717) is 5.82 Å². The molecular formula is C14H23N3O2. The van der Waals surface area contributed by atoms with Crippen LogP contribution in [-0.2, 0) is 0 Å². The van der Waals surface area contributed by atoms with Crippen LogP contribution in [0, 0.1) is 0 Å². The molecule has 0 unspecified atom stereocenters. The lowest BCUT2D eigenvalue weighted by atomic mass is 10.2. The van der Waals surface area contributed by atoms with Crippen molar-refractivity contribution in [1.82, 2.24) is 9.88 Å². The Morgan fingerprint density at radius 3 is 2.79 bits per heavy atom. The van der Waals surface area contributed by atoms with Gasteiger partial charge in [-0.1, -0.05) is 19.9 Å². The van der Waals surface area contributed by atoms with Gasteiger partial charge in [0.25, 0.3) is 0 Å². The third kappa shape index (κ3) is 5.26. The number of pyridine rings is 1. The molecule has 0 spiro atoms. The van der Waals surface area contributed by atoms with Crippen LogP contribution in [-0.4, -0.2) is 46.6 Å². The fourth-order valence-corrected chi connectivity index (χ4v) is 2.01. The molecule has 0 aliphatic carbocycles. The molecule has 1 atom stereocenters. The normalized spacial score (nSPS) is 12.4. The Morgan fingerprint density at radius 1 is 1.47 bits per heavy atom. The molecule has 0 bridgehead atoms. The predicted molar refractivity (Wildman–Crippen MR) is 76.7 cm³/mol. The van der Waals surface area contributed by atoms with Crippen LogP contribution >= 0.6 is 0 Å². The lowest BCUT2D eigenvalue weighted by molar-refractivity contribution is 0.0690. The summed E-state index contributed by atoms with van der Waals surface area (Å²) in [5.41, 5.74) is 0.0677. The largest absolute Gasteiger partial charge is 0.477 e. The maximum Gasteiger partial charge on any atom is 0.354 e. The molecule has 1 heterocycles. The van der Waals surface area contributed by atoms with E-state index in [2.05, 4.69) is 36.0 Å². The van der Waals surface area contributed by atoms with E-state index in [1.807, 2.05) is 0 Å². The molecule has 1 aromatic heterocycles. The maximum atomic E-state index is 10.8. The lowest BCUT2D eigenvalue weighted by Crippen LogP contribution is -2.35. The van der Waals surface area contributed by atoms with Gasteiger partial charge < -0.3 is 15.3 Å². The highest BCUT2D eigenvalue weighted by molar-refractivity contribution is 5.85. The van der Waals surface area contributed by atoms with E-state index in [9.17, 15) is 4.79 Å². The molecular weight excluding hydrogens is 242 g/mol. The number of carboxylic acids is 1. The van der Waals surface area contributed by atoms with Crippen molar-refractivity contribution in [3.63, 3.8) is 0 Å². The molecule has 0 aliphatic rings. The standard InChI is InChI=1S/C14H23N3O2/c1-4-9-17(5-2)10-11(3)15-13-8-6-7-12(16-13)14(18)19/h6-8,11H,4-5,9-10H2,1-3H3,(H,15,16)(H,18,19)/t11-/m0/s1. The molecule has 0 aliphatic heterocycles. The molecule has 0 radical (unpaired) electrons. The van der Waals surface area contributed by atoms with Crippen molar-refractivity contribution in [1.29, 1.82) is 0 Å². The number of aromatic nitrogens is 1. The summed E-state index contributed by atoms with van der Waals surface area (Å²) in [5.74, 6) is -0.391. The third-order valence-corrected chi connectivity index (χ3v) is 2.88. The number of nitrogens with zero attached hydrogens (tertiary/aromatic N) is 2. The molecule has 1 rings (SSSR count). The van der Waals surface area contributed by atoms with E-state index >= 15 is 0 Å². The minimum atomic E-state index is -1.00. The number of hydrogen-bond acceptors (Lipinski definition) is 4. The van der Waals surface area contributed by atoms with Gasteiger partial charge in [0.1, 0.15) is 5.82 Å². The summed E-state index contributed by atoms with van der Waals surface area (Å²) in [4.78, 5) is 17.3. The highest BCUT2D eigenvalue weighted by atomic mass is 16.4. The van der Waals surface area contributed by atoms with Gasteiger partial charge in [0.05, 0.1) is 0 Å². The van der Waals surface area contributed by atoms with Crippen molar-refractivity contribution < 1.29 is 9.90 Å². The highest BCUT2D eigenvalue weighted by Crippen LogP contribution is 2.07. The fraction of sp³-hybridized carbons (Fsp3) is 0.571. The number of rotatable bonds is 8. The van der Waals surface area contributed by atoms with Crippen LogP contribution in [0.15, 0.2) is 18.2 Å². The van der Waals surface area contributed by atoms with E-state index in [-0.39, 0.29) is 11.7 Å². The number of carbonyl (C=O) groups is 1. The van der Waals surface area contributed by atoms with Crippen LogP contribution in [0.3, 0.4) is 0 Å². The molecule has 5 nitrogen and oxygen atoms in total. The third-order valence-electron chi connectivity index (χ3n) is 2.88. The van der Waals surface area contributed by atoms with Crippen LogP contribution in [0.2, 0.25) is 0 Å². The Hall–Kier alpha value is -1.62. The smallest absolute Gasteiger partial charge is 0.354 e. The van der Waals surface area contributed by atoms with Gasteiger partial charge in [-0.15, -0.1) is 0 Å². The van der Waals surface area contributed by atoms with Crippen molar-refractivity contribution >= 4 is 11.8 Å². The summed E-state index contributed by atoms with van der Waals surface area (Å²) >= 11 is 0. The van der Waals surface area contributed by atoms with Gasteiger partial charge in [-0.05, 0) is 38.6 Å². The van der Waals surface area contributed by atoms with Crippen molar-refractivity contribution in [2.45, 2.75) is 33.2 Å². The maximum absolute atomic E-state index is 10.8. The van der Waals surface area contributed by atoms with Crippen molar-refractivity contribution in [3.05, 3.63) is 23.9 Å². The van der Waals surface area contributed by atoms with Crippen LogP contribution in [0.1, 0.15) is 37.7 Å². The Bertz CT molecular complexity index is 409. The van der Waals surface area contributed by atoms with Crippen LogP contribution in [0.5, 0.6) is 0 Å². The summed E-state index contributed by atoms with van der Waals surface area (Å²) in [6.07, 6.45) is 1.13. The Balaban J connectivity index is 2.58. The summed E-state index contributed by atoms with van der Waals surface area (Å²) < 4.78 is 0. The molecule has 0 fully saturated rings. The molecule has 0 amide bonds. The highest BCUT2D eigenvalue weighted by Gasteiger charge is 2.10.